The molecule has 9 nitrogen and oxygen atoms in total. The highest BCUT2D eigenvalue weighted by molar-refractivity contribution is 7.92. The minimum atomic E-state index is -4.30. The number of ether oxygens (including phenoxy) is 1. The molecule has 0 radical (unpaired) electrons. The molecule has 0 aliphatic heterocycles. The Morgan fingerprint density at radius 2 is 1.72 bits per heavy atom. The number of anilines is 1. The molecule has 0 fully saturated rings. The summed E-state index contributed by atoms with van der Waals surface area (Å²) in [5.74, 6) is -0.633. The van der Waals surface area contributed by atoms with Gasteiger partial charge in [0.25, 0.3) is 10.0 Å². The maximum atomic E-state index is 14.7. The summed E-state index contributed by atoms with van der Waals surface area (Å²) in [6.07, 6.45) is 1.64. The van der Waals surface area contributed by atoms with Crippen LogP contribution in [0.25, 0.3) is 11.3 Å². The summed E-state index contributed by atoms with van der Waals surface area (Å²) >= 11 is 0. The largest absolute Gasteiger partial charge is 0.444 e. The van der Waals surface area contributed by atoms with E-state index in [4.69, 9.17) is 4.74 Å². The Balaban J connectivity index is 2.09. The first-order valence-corrected chi connectivity index (χ1v) is 14.1. The van der Waals surface area contributed by atoms with E-state index in [0.717, 1.165) is 10.2 Å². The van der Waals surface area contributed by atoms with Crippen LogP contribution in [0, 0.1) is 5.82 Å². The van der Waals surface area contributed by atoms with Crippen LogP contribution < -0.4 is 4.72 Å². The van der Waals surface area contributed by atoms with Crippen LogP contribution in [0.1, 0.15) is 26.3 Å². The molecule has 1 aromatic heterocycles. The number of carbonyl (C=O) groups excluding carboxylic acids is 1. The molecule has 0 unspecified atom stereocenters. The van der Waals surface area contributed by atoms with Crippen LogP contribution in [0.2, 0.25) is 0 Å². The molecule has 194 valence electrons. The Morgan fingerprint density at radius 1 is 1.06 bits per heavy atom. The summed E-state index contributed by atoms with van der Waals surface area (Å²) in [6.45, 7) is 5.18. The molecule has 12 heteroatoms. The van der Waals surface area contributed by atoms with Gasteiger partial charge in [-0.1, -0.05) is 18.2 Å². The van der Waals surface area contributed by atoms with Gasteiger partial charge < -0.3 is 9.64 Å². The number of nitrogens with one attached hydrogen (secondary N) is 1. The number of rotatable bonds is 7. The standard InChI is InChI=1S/C24H28FN3O6S2/c1-24(2,3)34-23(29)27(4)15-17-13-22(20-11-6-7-12-21(20)25)28(16-17)36(32,33)19-10-8-9-18(14-19)26-35(5,30)31/h6-14,16,26H,15H2,1-5H3. The van der Waals surface area contributed by atoms with Crippen LogP contribution in [-0.4, -0.2) is 50.7 Å². The van der Waals surface area contributed by atoms with Gasteiger partial charge in [0, 0.05) is 24.5 Å². The maximum absolute atomic E-state index is 14.7. The van der Waals surface area contributed by atoms with E-state index in [9.17, 15) is 26.0 Å². The fourth-order valence-electron chi connectivity index (χ4n) is 3.37. The van der Waals surface area contributed by atoms with Crippen LogP contribution in [0.3, 0.4) is 0 Å². The SMILES string of the molecule is CN(Cc1cc(-c2ccccc2F)n(S(=O)(=O)c2cccc(NS(C)(=O)=O)c2)c1)C(=O)OC(C)(C)C. The first-order valence-electron chi connectivity index (χ1n) is 10.8. The van der Waals surface area contributed by atoms with E-state index in [-0.39, 0.29) is 28.4 Å². The number of hydrogen-bond donors (Lipinski definition) is 1. The Kier molecular flexibility index (Phi) is 7.51. The number of hydrogen-bond acceptors (Lipinski definition) is 6. The zero-order valence-electron chi connectivity index (χ0n) is 20.5. The van der Waals surface area contributed by atoms with Crippen molar-refractivity contribution >= 4 is 31.8 Å². The molecule has 1 N–H and O–H groups in total. The highest BCUT2D eigenvalue weighted by Gasteiger charge is 2.26. The fraction of sp³-hybridized carbons (Fsp3) is 0.292. The second kappa shape index (κ2) is 9.94. The Labute approximate surface area is 210 Å². The van der Waals surface area contributed by atoms with E-state index in [1.807, 2.05) is 0 Å². The lowest BCUT2D eigenvalue weighted by Gasteiger charge is -2.24. The van der Waals surface area contributed by atoms with Crippen molar-refractivity contribution in [3.63, 3.8) is 0 Å². The Bertz CT molecular complexity index is 1490. The van der Waals surface area contributed by atoms with Crippen LogP contribution in [-0.2, 0) is 31.3 Å². The van der Waals surface area contributed by atoms with Gasteiger partial charge in [0.1, 0.15) is 11.4 Å². The molecule has 36 heavy (non-hydrogen) atoms. The van der Waals surface area contributed by atoms with Crippen molar-refractivity contribution in [3.8, 4) is 11.3 Å². The van der Waals surface area contributed by atoms with Gasteiger partial charge in [-0.05, 0) is 62.7 Å². The monoisotopic (exact) mass is 537 g/mol. The quantitative estimate of drug-likeness (QED) is 0.481. The van der Waals surface area contributed by atoms with Gasteiger partial charge in [0.15, 0.2) is 0 Å². The van der Waals surface area contributed by atoms with Gasteiger partial charge in [-0.2, -0.15) is 0 Å². The lowest BCUT2D eigenvalue weighted by Crippen LogP contribution is -2.33. The van der Waals surface area contributed by atoms with Gasteiger partial charge in [-0.15, -0.1) is 0 Å². The van der Waals surface area contributed by atoms with Crippen molar-refractivity contribution in [1.29, 1.82) is 0 Å². The lowest BCUT2D eigenvalue weighted by molar-refractivity contribution is 0.0285. The molecule has 0 atom stereocenters. The average Bonchev–Trinajstić information content (AvgIpc) is 3.16. The van der Waals surface area contributed by atoms with Crippen molar-refractivity contribution in [3.05, 3.63) is 72.2 Å². The van der Waals surface area contributed by atoms with Gasteiger partial charge >= 0.3 is 6.09 Å². The van der Waals surface area contributed by atoms with Crippen LogP contribution >= 0.6 is 0 Å². The highest BCUT2D eigenvalue weighted by atomic mass is 32.2. The van der Waals surface area contributed by atoms with E-state index in [0.29, 0.717) is 5.56 Å². The van der Waals surface area contributed by atoms with E-state index in [1.165, 1.54) is 66.7 Å². The van der Waals surface area contributed by atoms with E-state index in [2.05, 4.69) is 4.72 Å². The third-order valence-corrected chi connectivity index (χ3v) is 7.09. The van der Waals surface area contributed by atoms with E-state index >= 15 is 0 Å². The van der Waals surface area contributed by atoms with Gasteiger partial charge in [-0.3, -0.25) is 4.72 Å². The van der Waals surface area contributed by atoms with Crippen molar-refractivity contribution in [2.24, 2.45) is 0 Å². The Hall–Kier alpha value is -3.38. The van der Waals surface area contributed by atoms with Crippen LogP contribution in [0.4, 0.5) is 14.9 Å². The summed E-state index contributed by atoms with van der Waals surface area (Å²) in [7, 11) is -6.44. The zero-order valence-corrected chi connectivity index (χ0v) is 22.2. The van der Waals surface area contributed by atoms with Crippen molar-refractivity contribution in [2.75, 3.05) is 18.0 Å². The van der Waals surface area contributed by atoms with Gasteiger partial charge in [0.2, 0.25) is 10.0 Å². The molecule has 0 aliphatic carbocycles. The third kappa shape index (κ3) is 6.64. The molecular weight excluding hydrogens is 509 g/mol. The number of carbonyl (C=O) groups is 1. The Morgan fingerprint density at radius 3 is 2.33 bits per heavy atom. The molecule has 1 amide bonds. The van der Waals surface area contributed by atoms with Crippen molar-refractivity contribution in [1.82, 2.24) is 8.87 Å². The third-order valence-electron chi connectivity index (χ3n) is 4.81. The molecule has 3 aromatic rings. The number of halogens is 1. The minimum absolute atomic E-state index is 0.00540. The summed E-state index contributed by atoms with van der Waals surface area (Å²) in [6, 6.07) is 12.5. The molecule has 0 saturated carbocycles. The molecule has 0 aliphatic rings. The fourth-order valence-corrected chi connectivity index (χ4v) is 5.37. The second-order valence-corrected chi connectivity index (χ2v) is 12.8. The minimum Gasteiger partial charge on any atom is -0.444 e. The number of aromatic nitrogens is 1. The summed E-state index contributed by atoms with van der Waals surface area (Å²) < 4.78 is 73.7. The first-order chi connectivity index (χ1) is 16.6. The van der Waals surface area contributed by atoms with Crippen LogP contribution in [0.15, 0.2) is 65.7 Å². The molecule has 3 rings (SSSR count). The molecule has 2 aromatic carbocycles. The first kappa shape index (κ1) is 27.2. The lowest BCUT2D eigenvalue weighted by atomic mass is 10.1. The zero-order chi connectivity index (χ0) is 26.9. The number of benzene rings is 2. The second-order valence-electron chi connectivity index (χ2n) is 9.25. The predicted octanol–water partition coefficient (Wildman–Crippen LogP) is 4.27. The molecule has 0 spiro atoms. The van der Waals surface area contributed by atoms with E-state index < -0.39 is 37.6 Å². The predicted molar refractivity (Wildman–Crippen MR) is 135 cm³/mol. The van der Waals surface area contributed by atoms with Crippen LogP contribution in [0.5, 0.6) is 0 Å². The molecule has 0 bridgehead atoms. The topological polar surface area (TPSA) is 115 Å². The van der Waals surface area contributed by atoms with E-state index in [1.54, 1.807) is 26.8 Å². The molecule has 1 heterocycles. The van der Waals surface area contributed by atoms with Gasteiger partial charge in [-0.25, -0.2) is 30.0 Å². The van der Waals surface area contributed by atoms with Gasteiger partial charge in [0.05, 0.1) is 23.4 Å². The maximum Gasteiger partial charge on any atom is 0.410 e. The average molecular weight is 538 g/mol. The number of sulfonamides is 1. The molecule has 0 saturated heterocycles. The summed E-state index contributed by atoms with van der Waals surface area (Å²) in [5, 5.41) is 0. The summed E-state index contributed by atoms with van der Waals surface area (Å²) in [5.41, 5.74) is -0.164. The highest BCUT2D eigenvalue weighted by Crippen LogP contribution is 2.30. The number of nitrogens with zero attached hydrogens (tertiary/aromatic N) is 2. The normalized spacial score (nSPS) is 12.3. The smallest absolute Gasteiger partial charge is 0.410 e. The van der Waals surface area contributed by atoms with Crippen molar-refractivity contribution in [2.45, 2.75) is 37.8 Å². The number of amides is 1. The molecular formula is C24H28FN3O6S2. The summed E-state index contributed by atoms with van der Waals surface area (Å²) in [4.78, 5) is 13.5. The van der Waals surface area contributed by atoms with Crippen molar-refractivity contribution < 1.29 is 30.8 Å².